The molecule has 5 heteroatoms. The summed E-state index contributed by atoms with van der Waals surface area (Å²) in [4.78, 5) is 15.5. The number of thioether (sulfide) groups is 1. The molecular formula is C14H27N3OS. The zero-order valence-corrected chi connectivity index (χ0v) is 13.3. The van der Waals surface area contributed by atoms with E-state index in [-0.39, 0.29) is 6.03 Å². The predicted octanol–water partition coefficient (Wildman–Crippen LogP) is 2.01. The lowest BCUT2D eigenvalue weighted by atomic mass is 10.0. The highest BCUT2D eigenvalue weighted by Crippen LogP contribution is 2.37. The molecule has 2 rings (SSSR count). The fourth-order valence-corrected chi connectivity index (χ4v) is 4.15. The molecule has 2 fully saturated rings. The van der Waals surface area contributed by atoms with Crippen molar-refractivity contribution in [3.05, 3.63) is 0 Å². The Hall–Kier alpha value is -0.420. The summed E-state index contributed by atoms with van der Waals surface area (Å²) < 4.78 is 0.441. The minimum atomic E-state index is 0.150. The summed E-state index contributed by atoms with van der Waals surface area (Å²) in [6, 6.07) is 0.737. The highest BCUT2D eigenvalue weighted by molar-refractivity contribution is 8.00. The lowest BCUT2D eigenvalue weighted by Gasteiger charge is -2.35. The van der Waals surface area contributed by atoms with Gasteiger partial charge in [-0.1, -0.05) is 0 Å². The molecule has 0 aromatic rings. The van der Waals surface area contributed by atoms with Crippen molar-refractivity contribution in [2.75, 3.05) is 39.5 Å². The number of nitrogens with zero attached hydrogens (tertiary/aromatic N) is 2. The van der Waals surface area contributed by atoms with Crippen molar-refractivity contribution in [3.63, 3.8) is 0 Å². The Morgan fingerprint density at radius 1 is 1.42 bits per heavy atom. The van der Waals surface area contributed by atoms with E-state index in [4.69, 9.17) is 0 Å². The number of carbonyl (C=O) groups excluding carboxylic acids is 1. The Labute approximate surface area is 121 Å². The highest BCUT2D eigenvalue weighted by atomic mass is 32.2. The van der Waals surface area contributed by atoms with Gasteiger partial charge in [-0.3, -0.25) is 0 Å². The smallest absolute Gasteiger partial charge is 0.319 e. The maximum absolute atomic E-state index is 11.9. The van der Waals surface area contributed by atoms with Crippen LogP contribution in [0, 0.1) is 0 Å². The number of rotatable bonds is 3. The Balaban J connectivity index is 1.70. The average Bonchev–Trinajstić information content (AvgIpc) is 2.83. The number of likely N-dealkylation sites (tertiary alicyclic amines) is 1. The predicted molar refractivity (Wildman–Crippen MR) is 81.8 cm³/mol. The SMILES string of the molecule is CN(C)C(=O)N1CCC(NCC2(C)CCCS2)CC1. The first-order valence-electron chi connectivity index (χ1n) is 7.34. The summed E-state index contributed by atoms with van der Waals surface area (Å²) >= 11 is 2.11. The quantitative estimate of drug-likeness (QED) is 0.861. The van der Waals surface area contributed by atoms with Crippen LogP contribution in [0.15, 0.2) is 0 Å². The molecule has 1 atom stereocenters. The molecule has 1 N–H and O–H groups in total. The van der Waals surface area contributed by atoms with Gasteiger partial charge in [-0.25, -0.2) is 4.79 Å². The van der Waals surface area contributed by atoms with Gasteiger partial charge in [-0.2, -0.15) is 11.8 Å². The minimum Gasteiger partial charge on any atom is -0.331 e. The van der Waals surface area contributed by atoms with Crippen LogP contribution >= 0.6 is 11.8 Å². The molecule has 0 aliphatic carbocycles. The second kappa shape index (κ2) is 6.35. The molecule has 0 radical (unpaired) electrons. The second-order valence-corrected chi connectivity index (χ2v) is 7.90. The van der Waals surface area contributed by atoms with E-state index in [1.54, 1.807) is 4.90 Å². The monoisotopic (exact) mass is 285 g/mol. The van der Waals surface area contributed by atoms with Gasteiger partial charge in [0.15, 0.2) is 0 Å². The van der Waals surface area contributed by atoms with E-state index in [1.807, 2.05) is 19.0 Å². The van der Waals surface area contributed by atoms with Crippen LogP contribution in [0.5, 0.6) is 0 Å². The molecule has 2 saturated heterocycles. The van der Waals surface area contributed by atoms with E-state index in [2.05, 4.69) is 24.0 Å². The molecule has 0 aromatic carbocycles. The molecule has 2 amide bonds. The third-order valence-corrected chi connectivity index (χ3v) is 5.75. The third kappa shape index (κ3) is 4.02. The van der Waals surface area contributed by atoms with Gasteiger partial charge < -0.3 is 15.1 Å². The average molecular weight is 285 g/mol. The number of urea groups is 1. The first-order chi connectivity index (χ1) is 9.00. The second-order valence-electron chi connectivity index (χ2n) is 6.22. The van der Waals surface area contributed by atoms with Crippen LogP contribution in [-0.4, -0.2) is 66.1 Å². The Morgan fingerprint density at radius 2 is 2.11 bits per heavy atom. The number of piperidine rings is 1. The Bertz CT molecular complexity index is 308. The third-order valence-electron chi connectivity index (χ3n) is 4.21. The molecule has 4 nitrogen and oxygen atoms in total. The van der Waals surface area contributed by atoms with Gasteiger partial charge in [-0.15, -0.1) is 0 Å². The van der Waals surface area contributed by atoms with E-state index in [1.165, 1.54) is 18.6 Å². The van der Waals surface area contributed by atoms with E-state index in [9.17, 15) is 4.79 Å². The van der Waals surface area contributed by atoms with Crippen molar-refractivity contribution >= 4 is 17.8 Å². The van der Waals surface area contributed by atoms with Crippen LogP contribution in [0.1, 0.15) is 32.6 Å². The normalized spacial score (nSPS) is 28.7. The van der Waals surface area contributed by atoms with Crippen LogP contribution in [0.4, 0.5) is 4.79 Å². The van der Waals surface area contributed by atoms with E-state index < -0.39 is 0 Å². The molecule has 110 valence electrons. The van der Waals surface area contributed by atoms with Gasteiger partial charge in [0.05, 0.1) is 0 Å². The van der Waals surface area contributed by atoms with Crippen molar-refractivity contribution in [1.82, 2.24) is 15.1 Å². The van der Waals surface area contributed by atoms with Crippen molar-refractivity contribution in [2.45, 2.75) is 43.4 Å². The summed E-state index contributed by atoms with van der Waals surface area (Å²) in [5, 5.41) is 3.72. The number of carbonyl (C=O) groups is 1. The zero-order chi connectivity index (χ0) is 13.9. The van der Waals surface area contributed by atoms with Crippen molar-refractivity contribution in [2.24, 2.45) is 0 Å². The summed E-state index contributed by atoms with van der Waals surface area (Å²) in [7, 11) is 3.65. The van der Waals surface area contributed by atoms with Crippen molar-refractivity contribution < 1.29 is 4.79 Å². The van der Waals surface area contributed by atoms with Gasteiger partial charge in [0.1, 0.15) is 0 Å². The maximum atomic E-state index is 11.9. The highest BCUT2D eigenvalue weighted by Gasteiger charge is 2.31. The van der Waals surface area contributed by atoms with Gasteiger partial charge in [-0.05, 0) is 38.4 Å². The molecule has 0 bridgehead atoms. The van der Waals surface area contributed by atoms with Crippen LogP contribution in [0.25, 0.3) is 0 Å². The number of amides is 2. The van der Waals surface area contributed by atoms with Gasteiger partial charge in [0.25, 0.3) is 0 Å². The standard InChI is InChI=1S/C14H27N3OS/c1-14(7-4-10-19-14)11-15-12-5-8-17(9-6-12)13(18)16(2)3/h12,15H,4-11H2,1-3H3. The van der Waals surface area contributed by atoms with E-state index in [0.29, 0.717) is 10.8 Å². The first-order valence-corrected chi connectivity index (χ1v) is 8.32. The van der Waals surface area contributed by atoms with E-state index >= 15 is 0 Å². The first kappa shape index (κ1) is 15.0. The fraction of sp³-hybridized carbons (Fsp3) is 0.929. The maximum Gasteiger partial charge on any atom is 0.319 e. The molecule has 2 aliphatic rings. The van der Waals surface area contributed by atoms with Gasteiger partial charge in [0, 0.05) is 44.5 Å². The Kier molecular flexibility index (Phi) is 5.01. The van der Waals surface area contributed by atoms with Crippen LogP contribution in [0.3, 0.4) is 0 Å². The summed E-state index contributed by atoms with van der Waals surface area (Å²) in [5.41, 5.74) is 0. The summed E-state index contributed by atoms with van der Waals surface area (Å²) in [6.45, 7) is 5.27. The number of hydrogen-bond donors (Lipinski definition) is 1. The lowest BCUT2D eigenvalue weighted by Crippen LogP contribution is -2.49. The van der Waals surface area contributed by atoms with Gasteiger partial charge in [0.2, 0.25) is 0 Å². The summed E-state index contributed by atoms with van der Waals surface area (Å²) in [5.74, 6) is 1.31. The van der Waals surface area contributed by atoms with Crippen molar-refractivity contribution in [1.29, 1.82) is 0 Å². The summed E-state index contributed by atoms with van der Waals surface area (Å²) in [6.07, 6.45) is 4.86. The van der Waals surface area contributed by atoms with E-state index in [0.717, 1.165) is 32.5 Å². The Morgan fingerprint density at radius 3 is 2.63 bits per heavy atom. The molecule has 1 unspecified atom stereocenters. The van der Waals surface area contributed by atoms with Crippen LogP contribution in [0.2, 0.25) is 0 Å². The van der Waals surface area contributed by atoms with Crippen LogP contribution < -0.4 is 5.32 Å². The largest absolute Gasteiger partial charge is 0.331 e. The molecule has 2 aliphatic heterocycles. The molecule has 2 heterocycles. The van der Waals surface area contributed by atoms with Crippen LogP contribution in [-0.2, 0) is 0 Å². The molecular weight excluding hydrogens is 258 g/mol. The molecule has 0 aromatic heterocycles. The van der Waals surface area contributed by atoms with Gasteiger partial charge >= 0.3 is 6.03 Å². The van der Waals surface area contributed by atoms with Crippen molar-refractivity contribution in [3.8, 4) is 0 Å². The number of nitrogens with one attached hydrogen (secondary N) is 1. The fourth-order valence-electron chi connectivity index (χ4n) is 2.89. The minimum absolute atomic E-state index is 0.150. The molecule has 0 saturated carbocycles. The zero-order valence-electron chi connectivity index (χ0n) is 12.4. The topological polar surface area (TPSA) is 35.6 Å². The number of hydrogen-bond acceptors (Lipinski definition) is 3. The lowest BCUT2D eigenvalue weighted by molar-refractivity contribution is 0.152. The molecule has 0 spiro atoms. The molecule has 19 heavy (non-hydrogen) atoms.